The molecule has 0 spiro atoms. The standard InChI is InChI=1S/C22H46Ge/c1-3-5-7-9-11-13-15-17-19-21-23-22-20-18-16-14-12-10-8-6-4-2/h3-22H2,1-2H3. The van der Waals surface area contributed by atoms with Crippen molar-refractivity contribution >= 4 is 15.4 Å². The maximum absolute atomic E-state index is 2.30. The summed E-state index contributed by atoms with van der Waals surface area (Å²) in [6, 6.07) is 0. The molecule has 0 unspecified atom stereocenters. The molecule has 1 heteroatoms. The summed E-state index contributed by atoms with van der Waals surface area (Å²) in [4.78, 5) is 0. The van der Waals surface area contributed by atoms with E-state index in [1.54, 1.807) is 23.3 Å². The molecule has 0 aromatic carbocycles. The molecule has 0 saturated heterocycles. The van der Waals surface area contributed by atoms with E-state index in [0.29, 0.717) is 15.4 Å². The molecule has 0 heterocycles. The molecule has 0 aliphatic rings. The molecule has 0 aromatic heterocycles. The molecule has 0 atom stereocenters. The second kappa shape index (κ2) is 22.5. The summed E-state index contributed by atoms with van der Waals surface area (Å²) >= 11 is 0.428. The molecule has 0 rings (SSSR count). The van der Waals surface area contributed by atoms with E-state index in [0.717, 1.165) is 0 Å². The molecule has 0 N–H and O–H groups in total. The first-order valence-corrected chi connectivity index (χ1v) is 14.1. The average molecular weight is 383 g/mol. The van der Waals surface area contributed by atoms with Crippen molar-refractivity contribution in [2.45, 2.75) is 140 Å². The second-order valence-electron chi connectivity index (χ2n) is 7.41. The van der Waals surface area contributed by atoms with Crippen LogP contribution in [-0.2, 0) is 0 Å². The Kier molecular flexibility index (Phi) is 23.1. The molecule has 0 amide bonds. The van der Waals surface area contributed by atoms with E-state index in [2.05, 4.69) is 13.8 Å². The molecule has 138 valence electrons. The summed E-state index contributed by atoms with van der Waals surface area (Å²) < 4.78 is 0. The van der Waals surface area contributed by atoms with Crippen LogP contribution in [0.25, 0.3) is 0 Å². The van der Waals surface area contributed by atoms with Crippen LogP contribution in [0.1, 0.15) is 129 Å². The van der Waals surface area contributed by atoms with Crippen LogP contribution in [-0.4, -0.2) is 15.4 Å². The van der Waals surface area contributed by atoms with E-state index in [1.807, 2.05) is 0 Å². The Labute approximate surface area is 155 Å². The zero-order valence-corrected chi connectivity index (χ0v) is 18.7. The normalized spacial score (nSPS) is 11.2. The van der Waals surface area contributed by atoms with E-state index in [4.69, 9.17) is 0 Å². The second-order valence-corrected chi connectivity index (χ2v) is 10.6. The fourth-order valence-corrected chi connectivity index (χ4v) is 5.87. The monoisotopic (exact) mass is 384 g/mol. The summed E-state index contributed by atoms with van der Waals surface area (Å²) in [5.74, 6) is 0. The van der Waals surface area contributed by atoms with Crippen molar-refractivity contribution < 1.29 is 0 Å². The zero-order chi connectivity index (χ0) is 16.8. The molecule has 2 radical (unpaired) electrons. The van der Waals surface area contributed by atoms with Crippen LogP contribution in [0.3, 0.4) is 0 Å². The number of unbranched alkanes of at least 4 members (excludes halogenated alkanes) is 16. The van der Waals surface area contributed by atoms with E-state index < -0.39 is 0 Å². The van der Waals surface area contributed by atoms with Gasteiger partial charge in [-0.05, 0) is 0 Å². The van der Waals surface area contributed by atoms with Crippen LogP contribution in [0.5, 0.6) is 0 Å². The van der Waals surface area contributed by atoms with Gasteiger partial charge in [0, 0.05) is 0 Å². The van der Waals surface area contributed by atoms with Gasteiger partial charge < -0.3 is 0 Å². The van der Waals surface area contributed by atoms with Crippen LogP contribution >= 0.6 is 0 Å². The first kappa shape index (κ1) is 23.5. The summed E-state index contributed by atoms with van der Waals surface area (Å²) in [6.45, 7) is 4.61. The van der Waals surface area contributed by atoms with Crippen LogP contribution in [0.2, 0.25) is 10.5 Å². The van der Waals surface area contributed by atoms with Crippen molar-refractivity contribution in [3.63, 3.8) is 0 Å². The molecular weight excluding hydrogens is 337 g/mol. The summed E-state index contributed by atoms with van der Waals surface area (Å²) in [7, 11) is 0. The third-order valence-corrected chi connectivity index (χ3v) is 7.88. The predicted octanol–water partition coefficient (Wildman–Crippen LogP) is 8.59. The van der Waals surface area contributed by atoms with Gasteiger partial charge in [-0.3, -0.25) is 0 Å². The van der Waals surface area contributed by atoms with Crippen molar-refractivity contribution in [2.24, 2.45) is 0 Å². The first-order valence-electron chi connectivity index (χ1n) is 11.1. The molecule has 0 saturated carbocycles. The van der Waals surface area contributed by atoms with Gasteiger partial charge in [0.2, 0.25) is 0 Å². The van der Waals surface area contributed by atoms with Gasteiger partial charge in [0.25, 0.3) is 0 Å². The Morgan fingerprint density at radius 2 is 0.609 bits per heavy atom. The van der Waals surface area contributed by atoms with Crippen molar-refractivity contribution in [1.82, 2.24) is 0 Å². The fourth-order valence-electron chi connectivity index (χ4n) is 3.25. The number of hydrogen-bond donors (Lipinski definition) is 0. The fraction of sp³-hybridized carbons (Fsp3) is 1.00. The molecule has 0 aliphatic carbocycles. The predicted molar refractivity (Wildman–Crippen MR) is 110 cm³/mol. The van der Waals surface area contributed by atoms with Crippen molar-refractivity contribution in [2.75, 3.05) is 0 Å². The third kappa shape index (κ3) is 22.5. The Balaban J connectivity index is 2.92. The quantitative estimate of drug-likeness (QED) is 0.146. The van der Waals surface area contributed by atoms with Crippen LogP contribution < -0.4 is 0 Å². The summed E-state index contributed by atoms with van der Waals surface area (Å²) in [5, 5.41) is 3.24. The van der Waals surface area contributed by atoms with Crippen LogP contribution in [0.15, 0.2) is 0 Å². The zero-order valence-electron chi connectivity index (χ0n) is 16.6. The number of hydrogen-bond acceptors (Lipinski definition) is 0. The minimum absolute atomic E-state index is 0.428. The molecule has 0 aliphatic heterocycles. The Morgan fingerprint density at radius 1 is 0.348 bits per heavy atom. The Bertz CT molecular complexity index is 170. The molecule has 0 aromatic rings. The van der Waals surface area contributed by atoms with Gasteiger partial charge in [-0.15, -0.1) is 0 Å². The van der Waals surface area contributed by atoms with Crippen molar-refractivity contribution in [1.29, 1.82) is 0 Å². The first-order chi connectivity index (χ1) is 11.4. The van der Waals surface area contributed by atoms with Gasteiger partial charge >= 0.3 is 155 Å². The van der Waals surface area contributed by atoms with Gasteiger partial charge in [-0.25, -0.2) is 0 Å². The van der Waals surface area contributed by atoms with E-state index in [9.17, 15) is 0 Å². The van der Waals surface area contributed by atoms with E-state index >= 15 is 0 Å². The summed E-state index contributed by atoms with van der Waals surface area (Å²) in [6.07, 6.45) is 26.7. The van der Waals surface area contributed by atoms with E-state index in [-0.39, 0.29) is 0 Å². The van der Waals surface area contributed by atoms with Gasteiger partial charge in [-0.1, -0.05) is 0 Å². The minimum atomic E-state index is 0.428. The maximum atomic E-state index is 2.30. The van der Waals surface area contributed by atoms with Gasteiger partial charge in [0.15, 0.2) is 0 Å². The topological polar surface area (TPSA) is 0 Å². The average Bonchev–Trinajstić information content (AvgIpc) is 2.57. The summed E-state index contributed by atoms with van der Waals surface area (Å²) in [5.41, 5.74) is 0. The molecule has 0 bridgehead atoms. The van der Waals surface area contributed by atoms with Crippen LogP contribution in [0.4, 0.5) is 0 Å². The molecule has 23 heavy (non-hydrogen) atoms. The van der Waals surface area contributed by atoms with Crippen molar-refractivity contribution in [3.05, 3.63) is 0 Å². The van der Waals surface area contributed by atoms with Gasteiger partial charge in [0.05, 0.1) is 0 Å². The van der Waals surface area contributed by atoms with E-state index in [1.165, 1.54) is 103 Å². The number of rotatable bonds is 20. The Morgan fingerprint density at radius 3 is 0.913 bits per heavy atom. The molecule has 0 nitrogen and oxygen atoms in total. The van der Waals surface area contributed by atoms with Gasteiger partial charge in [-0.2, -0.15) is 0 Å². The van der Waals surface area contributed by atoms with Crippen LogP contribution in [0, 0.1) is 0 Å². The molecular formula is C22H46Ge. The van der Waals surface area contributed by atoms with Gasteiger partial charge in [0.1, 0.15) is 0 Å². The Hall–Kier alpha value is 0.543. The van der Waals surface area contributed by atoms with Crippen molar-refractivity contribution in [3.8, 4) is 0 Å². The third-order valence-electron chi connectivity index (χ3n) is 4.91. The SMILES string of the molecule is CCCCCCCCCC[CH2][Ge][CH2]CCCCCCCCCC. The molecule has 0 fully saturated rings.